The predicted molar refractivity (Wildman–Crippen MR) is 69.2 cm³/mol. The van der Waals surface area contributed by atoms with Gasteiger partial charge in [-0.15, -0.1) is 11.3 Å². The topological polar surface area (TPSA) is 67.2 Å². The summed E-state index contributed by atoms with van der Waals surface area (Å²) in [6.45, 7) is 0. The summed E-state index contributed by atoms with van der Waals surface area (Å²) in [6.07, 6.45) is 0. The normalized spacial score (nSPS) is 10.0. The van der Waals surface area contributed by atoms with Gasteiger partial charge in [0.1, 0.15) is 0 Å². The molecule has 82 valence electrons. The van der Waals surface area contributed by atoms with Crippen molar-refractivity contribution < 1.29 is 4.79 Å². The lowest BCUT2D eigenvalue weighted by Gasteiger charge is -2.04. The molecule has 0 bridgehead atoms. The fourth-order valence-electron chi connectivity index (χ4n) is 1.34. The Balaban J connectivity index is 2.26. The van der Waals surface area contributed by atoms with Gasteiger partial charge in [-0.2, -0.15) is 0 Å². The van der Waals surface area contributed by atoms with Crippen LogP contribution in [-0.4, -0.2) is 11.0 Å². The molecule has 0 radical (unpaired) electrons. The lowest BCUT2D eigenvalue weighted by Crippen LogP contribution is -2.44. The largest absolute Gasteiger partial charge is 0.375 e. The second kappa shape index (κ2) is 4.46. The number of benzene rings is 1. The van der Waals surface area contributed by atoms with E-state index in [0.717, 1.165) is 10.1 Å². The highest BCUT2D eigenvalue weighted by molar-refractivity contribution is 7.80. The summed E-state index contributed by atoms with van der Waals surface area (Å²) in [7, 11) is 0. The first-order valence-electron chi connectivity index (χ1n) is 4.50. The minimum absolute atomic E-state index is 0.0351. The summed E-state index contributed by atoms with van der Waals surface area (Å²) in [5, 5.41) is 2.77. The highest BCUT2D eigenvalue weighted by atomic mass is 32.1. The van der Waals surface area contributed by atoms with Crippen LogP contribution < -0.4 is 16.6 Å². The zero-order valence-electron chi connectivity index (χ0n) is 8.19. The first kappa shape index (κ1) is 10.8. The molecule has 16 heavy (non-hydrogen) atoms. The summed E-state index contributed by atoms with van der Waals surface area (Å²) in [6, 6.07) is 7.71. The Bertz CT molecular complexity index is 550. The number of nitrogens with one attached hydrogen (secondary N) is 2. The first-order valence-corrected chi connectivity index (χ1v) is 5.79. The number of thiophene rings is 1. The molecule has 2 rings (SSSR count). The third-order valence-electron chi connectivity index (χ3n) is 2.02. The number of hydrazine groups is 1. The van der Waals surface area contributed by atoms with Crippen molar-refractivity contribution in [2.45, 2.75) is 0 Å². The Labute approximate surface area is 101 Å². The molecule has 0 aliphatic carbocycles. The van der Waals surface area contributed by atoms with Crippen molar-refractivity contribution >= 4 is 44.7 Å². The Hall–Kier alpha value is -1.66. The van der Waals surface area contributed by atoms with Gasteiger partial charge in [-0.05, 0) is 18.3 Å². The van der Waals surface area contributed by atoms with E-state index in [1.807, 2.05) is 24.3 Å². The van der Waals surface area contributed by atoms with Crippen LogP contribution in [0.15, 0.2) is 29.6 Å². The molecular formula is C10H9N3OS2. The van der Waals surface area contributed by atoms with Gasteiger partial charge in [0.2, 0.25) is 0 Å². The van der Waals surface area contributed by atoms with Gasteiger partial charge in [-0.1, -0.05) is 18.2 Å². The molecule has 1 aromatic heterocycles. The fourth-order valence-corrected chi connectivity index (χ4v) is 2.33. The van der Waals surface area contributed by atoms with E-state index >= 15 is 0 Å². The molecule has 2 aromatic rings. The van der Waals surface area contributed by atoms with Crippen LogP contribution in [0.1, 0.15) is 10.4 Å². The van der Waals surface area contributed by atoms with Crippen molar-refractivity contribution in [3.63, 3.8) is 0 Å². The van der Waals surface area contributed by atoms with E-state index in [2.05, 4.69) is 23.1 Å². The third-order valence-corrected chi connectivity index (χ3v) is 3.09. The SMILES string of the molecule is NC(=S)NNC(=O)c1csc2ccccc12. The smallest absolute Gasteiger partial charge is 0.271 e. The summed E-state index contributed by atoms with van der Waals surface area (Å²) < 4.78 is 1.07. The fraction of sp³-hybridized carbons (Fsp3) is 0. The van der Waals surface area contributed by atoms with Crippen molar-refractivity contribution in [1.29, 1.82) is 0 Å². The van der Waals surface area contributed by atoms with E-state index < -0.39 is 0 Å². The third kappa shape index (κ3) is 2.12. The average Bonchev–Trinajstić information content (AvgIpc) is 2.69. The van der Waals surface area contributed by atoms with Gasteiger partial charge in [0.15, 0.2) is 5.11 Å². The monoisotopic (exact) mass is 251 g/mol. The molecule has 0 fully saturated rings. The van der Waals surface area contributed by atoms with Crippen molar-refractivity contribution in [1.82, 2.24) is 10.9 Å². The van der Waals surface area contributed by atoms with Gasteiger partial charge < -0.3 is 5.73 Å². The summed E-state index contributed by atoms with van der Waals surface area (Å²) in [5.74, 6) is -0.245. The number of nitrogens with two attached hydrogens (primary N) is 1. The molecule has 0 unspecified atom stereocenters. The van der Waals surface area contributed by atoms with E-state index in [-0.39, 0.29) is 11.0 Å². The van der Waals surface area contributed by atoms with Crippen LogP contribution in [0.3, 0.4) is 0 Å². The molecule has 1 heterocycles. The number of hydrogen-bond acceptors (Lipinski definition) is 3. The van der Waals surface area contributed by atoms with Crippen molar-refractivity contribution in [2.75, 3.05) is 0 Å². The molecule has 0 aliphatic rings. The Morgan fingerprint density at radius 1 is 1.31 bits per heavy atom. The van der Waals surface area contributed by atoms with Crippen molar-refractivity contribution in [2.24, 2.45) is 5.73 Å². The zero-order chi connectivity index (χ0) is 11.5. The number of fused-ring (bicyclic) bond motifs is 1. The standard InChI is InChI=1S/C10H9N3OS2/c11-10(15)13-12-9(14)7-5-16-8-4-2-1-3-6(7)8/h1-5H,(H,12,14)(H3,11,13,15). The number of carbonyl (C=O) groups excluding carboxylic acids is 1. The zero-order valence-corrected chi connectivity index (χ0v) is 9.82. The molecule has 0 saturated carbocycles. The molecule has 4 nitrogen and oxygen atoms in total. The second-order valence-electron chi connectivity index (χ2n) is 3.09. The minimum atomic E-state index is -0.245. The van der Waals surface area contributed by atoms with Crippen LogP contribution in [-0.2, 0) is 0 Å². The lowest BCUT2D eigenvalue weighted by molar-refractivity contribution is 0.0946. The van der Waals surface area contributed by atoms with Gasteiger partial charge >= 0.3 is 0 Å². The van der Waals surface area contributed by atoms with Crippen LogP contribution in [0.2, 0.25) is 0 Å². The molecule has 0 saturated heterocycles. The van der Waals surface area contributed by atoms with E-state index in [9.17, 15) is 4.79 Å². The molecule has 1 aromatic carbocycles. The predicted octanol–water partition coefficient (Wildman–Crippen LogP) is 1.38. The maximum absolute atomic E-state index is 11.7. The number of hydrogen-bond donors (Lipinski definition) is 3. The molecule has 0 spiro atoms. The maximum atomic E-state index is 11.7. The summed E-state index contributed by atoms with van der Waals surface area (Å²) in [5.41, 5.74) is 10.7. The minimum Gasteiger partial charge on any atom is -0.375 e. The summed E-state index contributed by atoms with van der Waals surface area (Å²) in [4.78, 5) is 11.7. The first-order chi connectivity index (χ1) is 7.68. The quantitative estimate of drug-likeness (QED) is 0.529. The maximum Gasteiger partial charge on any atom is 0.271 e. The van der Waals surface area contributed by atoms with Crippen LogP contribution >= 0.6 is 23.6 Å². The molecule has 0 atom stereocenters. The number of rotatable bonds is 1. The molecule has 6 heteroatoms. The van der Waals surface area contributed by atoms with Crippen LogP contribution in [0, 0.1) is 0 Å². The van der Waals surface area contributed by atoms with Gasteiger partial charge in [0, 0.05) is 15.5 Å². The molecule has 1 amide bonds. The van der Waals surface area contributed by atoms with Crippen LogP contribution in [0.5, 0.6) is 0 Å². The van der Waals surface area contributed by atoms with E-state index in [4.69, 9.17) is 5.73 Å². The Kier molecular flexibility index (Phi) is 3.02. The van der Waals surface area contributed by atoms with Gasteiger partial charge in [0.25, 0.3) is 5.91 Å². The highest BCUT2D eigenvalue weighted by Crippen LogP contribution is 2.25. The molecule has 4 N–H and O–H groups in total. The number of thiocarbonyl (C=S) groups is 1. The van der Waals surface area contributed by atoms with Gasteiger partial charge in [-0.3, -0.25) is 15.6 Å². The van der Waals surface area contributed by atoms with E-state index in [1.165, 1.54) is 11.3 Å². The Morgan fingerprint density at radius 3 is 2.81 bits per heavy atom. The van der Waals surface area contributed by atoms with Crippen LogP contribution in [0.4, 0.5) is 0 Å². The lowest BCUT2D eigenvalue weighted by atomic mass is 10.2. The average molecular weight is 251 g/mol. The van der Waals surface area contributed by atoms with Gasteiger partial charge in [0.05, 0.1) is 5.56 Å². The van der Waals surface area contributed by atoms with Crippen molar-refractivity contribution in [3.8, 4) is 0 Å². The Morgan fingerprint density at radius 2 is 2.06 bits per heavy atom. The highest BCUT2D eigenvalue weighted by Gasteiger charge is 2.11. The summed E-state index contributed by atoms with van der Waals surface area (Å²) >= 11 is 6.12. The van der Waals surface area contributed by atoms with E-state index in [0.29, 0.717) is 5.56 Å². The number of amides is 1. The molecular weight excluding hydrogens is 242 g/mol. The number of carbonyl (C=O) groups is 1. The van der Waals surface area contributed by atoms with Crippen LogP contribution in [0.25, 0.3) is 10.1 Å². The molecule has 0 aliphatic heterocycles. The van der Waals surface area contributed by atoms with E-state index in [1.54, 1.807) is 5.38 Å². The second-order valence-corrected chi connectivity index (χ2v) is 4.44. The van der Waals surface area contributed by atoms with Crippen molar-refractivity contribution in [3.05, 3.63) is 35.2 Å². The van der Waals surface area contributed by atoms with Gasteiger partial charge in [-0.25, -0.2) is 0 Å².